The van der Waals surface area contributed by atoms with E-state index in [-0.39, 0.29) is 6.10 Å². The smallest absolute Gasteiger partial charge is 0.229 e. The lowest BCUT2D eigenvalue weighted by Gasteiger charge is -2.29. The number of piperidine rings is 1. The van der Waals surface area contributed by atoms with Crippen LogP contribution in [0.1, 0.15) is 56.6 Å². The van der Waals surface area contributed by atoms with Gasteiger partial charge >= 0.3 is 0 Å². The molecule has 0 aliphatic carbocycles. The number of anilines is 3. The Morgan fingerprint density at radius 2 is 1.91 bits per heavy atom. The third-order valence-electron chi connectivity index (χ3n) is 6.68. The number of hydrogen-bond acceptors (Lipinski definition) is 7. The molecule has 0 atom stereocenters. The summed E-state index contributed by atoms with van der Waals surface area (Å²) in [7, 11) is 2.20. The second kappa shape index (κ2) is 11.2. The van der Waals surface area contributed by atoms with Crippen LogP contribution in [-0.2, 0) is 4.74 Å². The molecule has 2 aliphatic heterocycles. The summed E-state index contributed by atoms with van der Waals surface area (Å²) < 4.78 is 11.7. The van der Waals surface area contributed by atoms with Crippen molar-refractivity contribution in [3.63, 3.8) is 0 Å². The Morgan fingerprint density at radius 1 is 1.15 bits per heavy atom. The van der Waals surface area contributed by atoms with E-state index in [1.807, 2.05) is 13.1 Å². The van der Waals surface area contributed by atoms with Crippen molar-refractivity contribution in [2.24, 2.45) is 5.92 Å². The molecule has 1 aromatic heterocycles. The number of benzene rings is 1. The molecule has 0 amide bonds. The highest BCUT2D eigenvalue weighted by atomic mass is 16.5. The minimum atomic E-state index is 0.0916. The lowest BCUT2D eigenvalue weighted by atomic mass is 9.89. The standard InChI is InChI=1S/C26H39N5O2/c1-18(2)33-24-15-22(21-7-11-31(4)12-8-21)5-6-23(24)29-26-28-16-19(3)25(30-26)27-17-20-9-13-32-14-10-20/h5-6,15-16,18,20-21H,7-14,17H2,1-4H3,(H2,27,28,29,30). The van der Waals surface area contributed by atoms with Gasteiger partial charge in [0.05, 0.1) is 11.8 Å². The number of likely N-dealkylation sites (tertiary alicyclic amines) is 1. The lowest BCUT2D eigenvalue weighted by molar-refractivity contribution is 0.0699. The predicted octanol–water partition coefficient (Wildman–Crippen LogP) is 4.96. The first-order valence-electron chi connectivity index (χ1n) is 12.4. The van der Waals surface area contributed by atoms with Gasteiger partial charge in [-0.3, -0.25) is 0 Å². The van der Waals surface area contributed by atoms with Crippen LogP contribution in [0.5, 0.6) is 5.75 Å². The Hall–Kier alpha value is -2.38. The molecule has 2 saturated heterocycles. The Labute approximate surface area is 198 Å². The average molecular weight is 454 g/mol. The molecule has 7 heteroatoms. The summed E-state index contributed by atoms with van der Waals surface area (Å²) in [6, 6.07) is 6.55. The summed E-state index contributed by atoms with van der Waals surface area (Å²) in [6.07, 6.45) is 6.54. The maximum absolute atomic E-state index is 6.20. The fraction of sp³-hybridized carbons (Fsp3) is 0.615. The Kier molecular flexibility index (Phi) is 8.04. The number of rotatable bonds is 8. The van der Waals surface area contributed by atoms with Gasteiger partial charge in [0.1, 0.15) is 11.6 Å². The first-order valence-corrected chi connectivity index (χ1v) is 12.4. The molecule has 0 spiro atoms. The van der Waals surface area contributed by atoms with Gasteiger partial charge in [-0.15, -0.1) is 0 Å². The molecular formula is C26H39N5O2. The van der Waals surface area contributed by atoms with Crippen molar-refractivity contribution in [1.29, 1.82) is 0 Å². The first kappa shape index (κ1) is 23.8. The van der Waals surface area contributed by atoms with Crippen LogP contribution in [0, 0.1) is 12.8 Å². The van der Waals surface area contributed by atoms with Gasteiger partial charge < -0.3 is 25.0 Å². The summed E-state index contributed by atoms with van der Waals surface area (Å²) in [6.45, 7) is 11.1. The summed E-state index contributed by atoms with van der Waals surface area (Å²) in [5, 5.41) is 6.93. The predicted molar refractivity (Wildman–Crippen MR) is 134 cm³/mol. The van der Waals surface area contributed by atoms with E-state index in [4.69, 9.17) is 14.5 Å². The molecule has 3 heterocycles. The zero-order valence-electron chi connectivity index (χ0n) is 20.6. The largest absolute Gasteiger partial charge is 0.489 e. The summed E-state index contributed by atoms with van der Waals surface area (Å²) in [5.41, 5.74) is 3.30. The number of hydrogen-bond donors (Lipinski definition) is 2. The highest BCUT2D eigenvalue weighted by Gasteiger charge is 2.20. The van der Waals surface area contributed by atoms with Crippen LogP contribution in [0.15, 0.2) is 24.4 Å². The van der Waals surface area contributed by atoms with Crippen molar-refractivity contribution in [1.82, 2.24) is 14.9 Å². The molecule has 2 aromatic rings. The summed E-state index contributed by atoms with van der Waals surface area (Å²) in [4.78, 5) is 11.7. The third kappa shape index (κ3) is 6.58. The molecule has 0 saturated carbocycles. The fourth-order valence-electron chi connectivity index (χ4n) is 4.58. The quantitative estimate of drug-likeness (QED) is 0.585. The van der Waals surface area contributed by atoms with Crippen molar-refractivity contribution in [2.75, 3.05) is 50.5 Å². The van der Waals surface area contributed by atoms with Crippen LogP contribution in [-0.4, -0.2) is 60.9 Å². The molecule has 2 N–H and O–H groups in total. The van der Waals surface area contributed by atoms with Crippen LogP contribution < -0.4 is 15.4 Å². The van der Waals surface area contributed by atoms with Crippen LogP contribution >= 0.6 is 0 Å². The number of aryl methyl sites for hydroxylation is 1. The summed E-state index contributed by atoms with van der Waals surface area (Å²) >= 11 is 0. The Morgan fingerprint density at radius 3 is 2.64 bits per heavy atom. The first-order chi connectivity index (χ1) is 16.0. The molecule has 0 unspecified atom stereocenters. The topological polar surface area (TPSA) is 71.5 Å². The molecule has 33 heavy (non-hydrogen) atoms. The van der Waals surface area contributed by atoms with Crippen molar-refractivity contribution >= 4 is 17.5 Å². The van der Waals surface area contributed by atoms with Crippen molar-refractivity contribution in [3.8, 4) is 5.75 Å². The maximum atomic E-state index is 6.20. The maximum Gasteiger partial charge on any atom is 0.229 e. The normalized spacial score (nSPS) is 18.5. The highest BCUT2D eigenvalue weighted by molar-refractivity contribution is 5.64. The number of aromatic nitrogens is 2. The molecule has 7 nitrogen and oxygen atoms in total. The fourth-order valence-corrected chi connectivity index (χ4v) is 4.58. The molecule has 0 radical (unpaired) electrons. The van der Waals surface area contributed by atoms with Crippen LogP contribution in [0.25, 0.3) is 0 Å². The van der Waals surface area contributed by atoms with Gasteiger partial charge in [0.2, 0.25) is 5.95 Å². The minimum Gasteiger partial charge on any atom is -0.489 e. The Bertz CT molecular complexity index is 906. The minimum absolute atomic E-state index is 0.0916. The van der Waals surface area contributed by atoms with E-state index in [2.05, 4.69) is 59.6 Å². The van der Waals surface area contributed by atoms with Gasteiger partial charge in [-0.2, -0.15) is 4.98 Å². The third-order valence-corrected chi connectivity index (χ3v) is 6.68. The number of nitrogens with one attached hydrogen (secondary N) is 2. The van der Waals surface area contributed by atoms with Gasteiger partial charge in [-0.05, 0) is 96.1 Å². The molecule has 2 aliphatic rings. The van der Waals surface area contributed by atoms with Gasteiger partial charge in [-0.1, -0.05) is 6.07 Å². The lowest BCUT2D eigenvalue weighted by Crippen LogP contribution is -2.29. The number of ether oxygens (including phenoxy) is 2. The van der Waals surface area contributed by atoms with E-state index in [9.17, 15) is 0 Å². The second-order valence-electron chi connectivity index (χ2n) is 9.79. The van der Waals surface area contributed by atoms with Gasteiger partial charge in [0.15, 0.2) is 0 Å². The van der Waals surface area contributed by atoms with Gasteiger partial charge in [0, 0.05) is 31.5 Å². The molecular weight excluding hydrogens is 414 g/mol. The van der Waals surface area contributed by atoms with Crippen molar-refractivity contribution in [3.05, 3.63) is 35.5 Å². The van der Waals surface area contributed by atoms with E-state index >= 15 is 0 Å². The highest BCUT2D eigenvalue weighted by Crippen LogP contribution is 2.35. The van der Waals surface area contributed by atoms with E-state index in [0.717, 1.165) is 68.5 Å². The van der Waals surface area contributed by atoms with Crippen LogP contribution in [0.2, 0.25) is 0 Å². The molecule has 2 fully saturated rings. The van der Waals surface area contributed by atoms with Crippen molar-refractivity contribution in [2.45, 2.75) is 58.5 Å². The zero-order chi connectivity index (χ0) is 23.2. The number of nitrogens with zero attached hydrogens (tertiary/aromatic N) is 3. The average Bonchev–Trinajstić information content (AvgIpc) is 2.81. The van der Waals surface area contributed by atoms with E-state index in [1.54, 1.807) is 0 Å². The SMILES string of the molecule is Cc1cnc(Nc2ccc(C3CCN(C)CC3)cc2OC(C)C)nc1NCC1CCOCC1. The van der Waals surface area contributed by atoms with E-state index in [0.29, 0.717) is 17.8 Å². The molecule has 4 rings (SSSR count). The van der Waals surface area contributed by atoms with Crippen LogP contribution in [0.3, 0.4) is 0 Å². The molecule has 180 valence electrons. The van der Waals surface area contributed by atoms with E-state index < -0.39 is 0 Å². The van der Waals surface area contributed by atoms with Crippen molar-refractivity contribution < 1.29 is 9.47 Å². The zero-order valence-corrected chi connectivity index (χ0v) is 20.6. The van der Waals surface area contributed by atoms with E-state index in [1.165, 1.54) is 18.4 Å². The summed E-state index contributed by atoms with van der Waals surface area (Å²) in [5.74, 6) is 3.54. The van der Waals surface area contributed by atoms with Crippen LogP contribution in [0.4, 0.5) is 17.5 Å². The van der Waals surface area contributed by atoms with Gasteiger partial charge in [-0.25, -0.2) is 4.98 Å². The molecule has 0 bridgehead atoms. The monoisotopic (exact) mass is 453 g/mol. The molecule has 1 aromatic carbocycles. The van der Waals surface area contributed by atoms with Gasteiger partial charge in [0.25, 0.3) is 0 Å². The Balaban J connectivity index is 1.48. The second-order valence-corrected chi connectivity index (χ2v) is 9.79.